The van der Waals surface area contributed by atoms with E-state index in [0.29, 0.717) is 22.6 Å². The molecule has 0 atom stereocenters. The Morgan fingerprint density at radius 3 is 2.85 bits per heavy atom. The predicted molar refractivity (Wildman–Crippen MR) is 93.2 cm³/mol. The van der Waals surface area contributed by atoms with E-state index in [4.69, 9.17) is 14.2 Å². The Bertz CT molecular complexity index is 997. The number of carbonyl (C=O) groups excluding carboxylic acids is 2. The van der Waals surface area contributed by atoms with E-state index in [0.717, 1.165) is 5.39 Å². The number of aromatic nitrogens is 1. The summed E-state index contributed by atoms with van der Waals surface area (Å²) in [5, 5.41) is 4.19. The van der Waals surface area contributed by atoms with Crippen molar-refractivity contribution in [2.24, 2.45) is 0 Å². The van der Waals surface area contributed by atoms with E-state index in [1.54, 1.807) is 30.3 Å². The Morgan fingerprint density at radius 2 is 1.92 bits per heavy atom. The highest BCUT2D eigenvalue weighted by Gasteiger charge is 2.16. The zero-order valence-corrected chi connectivity index (χ0v) is 13.6. The van der Waals surface area contributed by atoms with Gasteiger partial charge in [0, 0.05) is 23.3 Å². The molecule has 2 heterocycles. The first-order valence-electron chi connectivity index (χ1n) is 7.91. The molecule has 1 aliphatic heterocycles. The van der Waals surface area contributed by atoms with Crippen molar-refractivity contribution in [3.8, 4) is 11.5 Å². The summed E-state index contributed by atoms with van der Waals surface area (Å²) in [7, 11) is 0. The second kappa shape index (κ2) is 6.72. The maximum Gasteiger partial charge on any atom is 0.358 e. The highest BCUT2D eigenvalue weighted by Crippen LogP contribution is 2.34. The Kier molecular flexibility index (Phi) is 4.10. The first-order chi connectivity index (χ1) is 12.7. The molecule has 1 N–H and O–H groups in total. The lowest BCUT2D eigenvalue weighted by Crippen LogP contribution is -2.21. The summed E-state index contributed by atoms with van der Waals surface area (Å²) < 4.78 is 15.6. The average Bonchev–Trinajstić information content (AvgIpc) is 3.13. The van der Waals surface area contributed by atoms with Gasteiger partial charge in [-0.2, -0.15) is 0 Å². The van der Waals surface area contributed by atoms with E-state index in [1.807, 2.05) is 18.2 Å². The van der Waals surface area contributed by atoms with Crippen molar-refractivity contribution in [2.75, 3.05) is 18.7 Å². The van der Waals surface area contributed by atoms with Crippen LogP contribution in [0.25, 0.3) is 10.8 Å². The van der Waals surface area contributed by atoms with Gasteiger partial charge < -0.3 is 19.5 Å². The minimum atomic E-state index is -0.650. The topological polar surface area (TPSA) is 86.8 Å². The summed E-state index contributed by atoms with van der Waals surface area (Å²) in [6.07, 6.45) is 1.53. The molecule has 1 aromatic heterocycles. The number of carbonyl (C=O) groups is 2. The molecule has 0 saturated heterocycles. The van der Waals surface area contributed by atoms with Crippen LogP contribution in [0.2, 0.25) is 0 Å². The maximum atomic E-state index is 12.3. The number of hydrogen-bond donors (Lipinski definition) is 1. The van der Waals surface area contributed by atoms with Crippen molar-refractivity contribution >= 4 is 28.3 Å². The van der Waals surface area contributed by atoms with E-state index >= 15 is 0 Å². The van der Waals surface area contributed by atoms with Gasteiger partial charge in [-0.3, -0.25) is 4.79 Å². The molecule has 0 spiro atoms. The van der Waals surface area contributed by atoms with Crippen molar-refractivity contribution in [2.45, 2.75) is 0 Å². The molecule has 130 valence electrons. The van der Waals surface area contributed by atoms with Crippen LogP contribution in [0, 0.1) is 0 Å². The van der Waals surface area contributed by atoms with Gasteiger partial charge in [-0.05, 0) is 23.6 Å². The molecule has 0 fully saturated rings. The van der Waals surface area contributed by atoms with Crippen molar-refractivity contribution in [1.82, 2.24) is 4.98 Å². The molecule has 0 bridgehead atoms. The lowest BCUT2D eigenvalue weighted by atomic mass is 10.1. The lowest BCUT2D eigenvalue weighted by molar-refractivity contribution is -0.119. The molecule has 26 heavy (non-hydrogen) atoms. The van der Waals surface area contributed by atoms with Gasteiger partial charge in [0.05, 0.1) is 0 Å². The monoisotopic (exact) mass is 350 g/mol. The number of fused-ring (bicyclic) bond motifs is 2. The number of anilines is 1. The minimum Gasteiger partial charge on any atom is -0.454 e. The first-order valence-corrected chi connectivity index (χ1v) is 7.91. The summed E-state index contributed by atoms with van der Waals surface area (Å²) in [6.45, 7) is -0.263. The predicted octanol–water partition coefficient (Wildman–Crippen LogP) is 2.76. The summed E-state index contributed by atoms with van der Waals surface area (Å²) in [5.41, 5.74) is 0.706. The van der Waals surface area contributed by atoms with Crippen LogP contribution in [-0.2, 0) is 9.53 Å². The van der Waals surface area contributed by atoms with E-state index < -0.39 is 18.5 Å². The van der Waals surface area contributed by atoms with Crippen molar-refractivity contribution in [1.29, 1.82) is 0 Å². The largest absolute Gasteiger partial charge is 0.454 e. The number of esters is 1. The van der Waals surface area contributed by atoms with Gasteiger partial charge in [-0.1, -0.05) is 24.3 Å². The van der Waals surface area contributed by atoms with Crippen LogP contribution in [0.4, 0.5) is 5.69 Å². The molecule has 1 aliphatic rings. The lowest BCUT2D eigenvalue weighted by Gasteiger charge is -2.08. The summed E-state index contributed by atoms with van der Waals surface area (Å²) in [6, 6.07) is 14.2. The number of nitrogens with zero attached hydrogens (tertiary/aromatic N) is 1. The van der Waals surface area contributed by atoms with Crippen LogP contribution < -0.4 is 14.8 Å². The zero-order chi connectivity index (χ0) is 17.9. The number of amides is 1. The van der Waals surface area contributed by atoms with Crippen LogP contribution in [-0.4, -0.2) is 30.3 Å². The second-order valence-corrected chi connectivity index (χ2v) is 5.57. The average molecular weight is 350 g/mol. The van der Waals surface area contributed by atoms with Gasteiger partial charge in [-0.15, -0.1) is 0 Å². The van der Waals surface area contributed by atoms with Crippen LogP contribution in [0.3, 0.4) is 0 Å². The number of ether oxygens (including phenoxy) is 3. The molecular weight excluding hydrogens is 336 g/mol. The van der Waals surface area contributed by atoms with Crippen LogP contribution in [0.15, 0.2) is 54.7 Å². The fraction of sp³-hybridized carbons (Fsp3) is 0.105. The van der Waals surface area contributed by atoms with Crippen molar-refractivity contribution < 1.29 is 23.8 Å². The van der Waals surface area contributed by atoms with Gasteiger partial charge >= 0.3 is 5.97 Å². The maximum absolute atomic E-state index is 12.3. The molecule has 0 saturated carbocycles. The van der Waals surface area contributed by atoms with E-state index in [2.05, 4.69) is 10.3 Å². The zero-order valence-electron chi connectivity index (χ0n) is 13.6. The van der Waals surface area contributed by atoms with Crippen molar-refractivity contribution in [3.63, 3.8) is 0 Å². The van der Waals surface area contributed by atoms with E-state index in [1.165, 1.54) is 6.20 Å². The Balaban J connectivity index is 1.40. The molecule has 3 aromatic rings. The van der Waals surface area contributed by atoms with Gasteiger partial charge in [0.15, 0.2) is 23.8 Å². The molecule has 7 nitrogen and oxygen atoms in total. The third kappa shape index (κ3) is 3.14. The Hall–Kier alpha value is -3.61. The molecule has 7 heteroatoms. The van der Waals surface area contributed by atoms with E-state index in [-0.39, 0.29) is 12.5 Å². The fourth-order valence-electron chi connectivity index (χ4n) is 2.65. The molecule has 0 radical (unpaired) electrons. The number of rotatable bonds is 4. The number of pyridine rings is 1. The first kappa shape index (κ1) is 15.9. The van der Waals surface area contributed by atoms with Gasteiger partial charge in [0.1, 0.15) is 0 Å². The quantitative estimate of drug-likeness (QED) is 0.728. The second-order valence-electron chi connectivity index (χ2n) is 5.57. The van der Waals surface area contributed by atoms with Gasteiger partial charge in [-0.25, -0.2) is 9.78 Å². The number of benzene rings is 2. The molecule has 1 amide bonds. The molecular formula is C19H14N2O5. The normalized spacial score (nSPS) is 12.0. The van der Waals surface area contributed by atoms with Crippen LogP contribution in [0.1, 0.15) is 10.5 Å². The summed E-state index contributed by atoms with van der Waals surface area (Å²) in [5.74, 6) is 0.0660. The molecule has 0 aliphatic carbocycles. The third-order valence-corrected chi connectivity index (χ3v) is 3.86. The smallest absolute Gasteiger partial charge is 0.358 e. The highest BCUT2D eigenvalue weighted by atomic mass is 16.7. The van der Waals surface area contributed by atoms with Gasteiger partial charge in [0.2, 0.25) is 6.79 Å². The number of nitrogens with one attached hydrogen (secondary N) is 1. The highest BCUT2D eigenvalue weighted by molar-refractivity contribution is 6.03. The van der Waals surface area contributed by atoms with Crippen LogP contribution >= 0.6 is 0 Å². The van der Waals surface area contributed by atoms with Gasteiger partial charge in [0.25, 0.3) is 5.91 Å². The SMILES string of the molecule is O=C(COC(=O)c1nccc2ccccc12)Nc1ccc2c(c1)OCO2. The Morgan fingerprint density at radius 1 is 1.08 bits per heavy atom. The summed E-state index contributed by atoms with van der Waals surface area (Å²) in [4.78, 5) is 28.4. The third-order valence-electron chi connectivity index (χ3n) is 3.86. The summed E-state index contributed by atoms with van der Waals surface area (Å²) >= 11 is 0. The standard InChI is InChI=1S/C19H14N2O5/c22-17(21-13-5-6-15-16(9-13)26-11-25-15)10-24-19(23)18-14-4-2-1-3-12(14)7-8-20-18/h1-9H,10-11H2,(H,21,22). The Labute approximate surface area is 148 Å². The van der Waals surface area contributed by atoms with Crippen LogP contribution in [0.5, 0.6) is 11.5 Å². The fourth-order valence-corrected chi connectivity index (χ4v) is 2.65. The number of hydrogen-bond acceptors (Lipinski definition) is 6. The minimum absolute atomic E-state index is 0.155. The van der Waals surface area contributed by atoms with Crippen molar-refractivity contribution in [3.05, 3.63) is 60.4 Å². The molecule has 4 rings (SSSR count). The van der Waals surface area contributed by atoms with E-state index in [9.17, 15) is 9.59 Å². The molecule has 2 aromatic carbocycles. The molecule has 0 unspecified atom stereocenters.